The zero-order chi connectivity index (χ0) is 8.85. The third-order valence-electron chi connectivity index (χ3n) is 1.68. The van der Waals surface area contributed by atoms with Gasteiger partial charge in [-0.1, -0.05) is 20.4 Å². The van der Waals surface area contributed by atoms with E-state index in [2.05, 4.69) is 27.4 Å². The van der Waals surface area contributed by atoms with Crippen molar-refractivity contribution in [2.75, 3.05) is 12.5 Å². The van der Waals surface area contributed by atoms with Crippen molar-refractivity contribution in [2.24, 2.45) is 5.92 Å². The molecule has 0 aliphatic heterocycles. The lowest BCUT2D eigenvalue weighted by atomic mass is 10.1. The number of hydrogen-bond acceptors (Lipinski definition) is 1. The molecule has 0 radical (unpaired) electrons. The molecule has 0 aromatic rings. The Kier molecular flexibility index (Phi) is 5.61. The quantitative estimate of drug-likeness (QED) is 0.463. The van der Waals surface area contributed by atoms with E-state index >= 15 is 0 Å². The molecule has 0 fully saturated rings. The van der Waals surface area contributed by atoms with Gasteiger partial charge in [0.15, 0.2) is 0 Å². The Labute approximate surface area is 74.4 Å². The minimum absolute atomic E-state index is 0.287. The summed E-state index contributed by atoms with van der Waals surface area (Å²) in [6.07, 6.45) is 0.287. The highest BCUT2D eigenvalue weighted by Crippen LogP contribution is 2.06. The standard InChI is InChI=1S/C9H17ClO/c1-7(2)9(4)11-6-8(3)5-10/h7,9H,3,5-6H2,1-2,4H3. The summed E-state index contributed by atoms with van der Waals surface area (Å²) < 4.78 is 5.47. The van der Waals surface area contributed by atoms with Gasteiger partial charge in [0.2, 0.25) is 0 Å². The molecular formula is C9H17ClO. The van der Waals surface area contributed by atoms with E-state index in [9.17, 15) is 0 Å². The fourth-order valence-corrected chi connectivity index (χ4v) is 0.557. The average molecular weight is 177 g/mol. The van der Waals surface area contributed by atoms with Gasteiger partial charge in [-0.05, 0) is 18.4 Å². The van der Waals surface area contributed by atoms with Crippen LogP contribution in [0.3, 0.4) is 0 Å². The van der Waals surface area contributed by atoms with Gasteiger partial charge in [0.25, 0.3) is 0 Å². The Hall–Kier alpha value is -0.0100. The summed E-state index contributed by atoms with van der Waals surface area (Å²) in [4.78, 5) is 0. The summed E-state index contributed by atoms with van der Waals surface area (Å²) in [5.41, 5.74) is 0.944. The van der Waals surface area contributed by atoms with E-state index in [1.807, 2.05) is 0 Å². The van der Waals surface area contributed by atoms with E-state index in [0.29, 0.717) is 18.4 Å². The van der Waals surface area contributed by atoms with E-state index in [-0.39, 0.29) is 6.10 Å². The molecule has 0 bridgehead atoms. The van der Waals surface area contributed by atoms with Crippen molar-refractivity contribution >= 4 is 11.6 Å². The van der Waals surface area contributed by atoms with Crippen LogP contribution >= 0.6 is 11.6 Å². The first-order chi connectivity index (χ1) is 5.07. The van der Waals surface area contributed by atoms with Crippen molar-refractivity contribution in [3.05, 3.63) is 12.2 Å². The Bertz CT molecular complexity index is 121. The maximum Gasteiger partial charge on any atom is 0.0689 e. The molecule has 1 atom stereocenters. The van der Waals surface area contributed by atoms with Gasteiger partial charge in [0, 0.05) is 5.88 Å². The molecule has 0 aromatic heterocycles. The number of rotatable bonds is 5. The maximum absolute atomic E-state index is 5.54. The van der Waals surface area contributed by atoms with Gasteiger partial charge in [-0.15, -0.1) is 11.6 Å². The molecule has 66 valence electrons. The number of alkyl halides is 1. The molecular weight excluding hydrogens is 160 g/mol. The number of ether oxygens (including phenoxy) is 1. The summed E-state index contributed by atoms with van der Waals surface area (Å²) in [7, 11) is 0. The van der Waals surface area contributed by atoms with Gasteiger partial charge in [-0.3, -0.25) is 0 Å². The molecule has 0 rings (SSSR count). The molecule has 2 heteroatoms. The van der Waals surface area contributed by atoms with Gasteiger partial charge >= 0.3 is 0 Å². The van der Waals surface area contributed by atoms with Crippen LogP contribution in [0.25, 0.3) is 0 Å². The molecule has 0 saturated carbocycles. The molecule has 0 amide bonds. The van der Waals surface area contributed by atoms with Crippen LogP contribution in [0, 0.1) is 5.92 Å². The first-order valence-electron chi connectivity index (χ1n) is 3.92. The molecule has 0 N–H and O–H groups in total. The lowest BCUT2D eigenvalue weighted by Crippen LogP contribution is -2.16. The third kappa shape index (κ3) is 5.28. The van der Waals surface area contributed by atoms with Crippen LogP contribution < -0.4 is 0 Å². The number of hydrogen-bond donors (Lipinski definition) is 0. The molecule has 0 spiro atoms. The van der Waals surface area contributed by atoms with Crippen molar-refractivity contribution in [1.29, 1.82) is 0 Å². The smallest absolute Gasteiger partial charge is 0.0689 e. The topological polar surface area (TPSA) is 9.23 Å². The van der Waals surface area contributed by atoms with Crippen LogP contribution in [-0.4, -0.2) is 18.6 Å². The van der Waals surface area contributed by atoms with Gasteiger partial charge in [0.05, 0.1) is 12.7 Å². The summed E-state index contributed by atoms with van der Waals surface area (Å²) >= 11 is 5.54. The minimum atomic E-state index is 0.287. The molecule has 1 unspecified atom stereocenters. The first-order valence-corrected chi connectivity index (χ1v) is 4.45. The van der Waals surface area contributed by atoms with Crippen molar-refractivity contribution in [3.8, 4) is 0 Å². The van der Waals surface area contributed by atoms with Crippen molar-refractivity contribution < 1.29 is 4.74 Å². The summed E-state index contributed by atoms with van der Waals surface area (Å²) in [6.45, 7) is 10.7. The number of halogens is 1. The molecule has 0 aliphatic rings. The highest BCUT2D eigenvalue weighted by Gasteiger charge is 2.06. The largest absolute Gasteiger partial charge is 0.374 e. The molecule has 1 nitrogen and oxygen atoms in total. The Morgan fingerprint density at radius 2 is 2.00 bits per heavy atom. The van der Waals surface area contributed by atoms with E-state index in [1.54, 1.807) is 0 Å². The van der Waals surface area contributed by atoms with Crippen LogP contribution in [0.4, 0.5) is 0 Å². The zero-order valence-electron chi connectivity index (χ0n) is 7.56. The van der Waals surface area contributed by atoms with Gasteiger partial charge in [-0.2, -0.15) is 0 Å². The van der Waals surface area contributed by atoms with Crippen molar-refractivity contribution in [2.45, 2.75) is 26.9 Å². The lowest BCUT2D eigenvalue weighted by molar-refractivity contribution is 0.0508. The second-order valence-electron chi connectivity index (χ2n) is 3.14. The SMILES string of the molecule is C=C(CCl)COC(C)C(C)C. The van der Waals surface area contributed by atoms with Crippen LogP contribution in [0.5, 0.6) is 0 Å². The fourth-order valence-electron chi connectivity index (χ4n) is 0.480. The van der Waals surface area contributed by atoms with E-state index in [0.717, 1.165) is 5.57 Å². The molecule has 11 heavy (non-hydrogen) atoms. The summed E-state index contributed by atoms with van der Waals surface area (Å²) in [5.74, 6) is 1.04. The van der Waals surface area contributed by atoms with E-state index in [1.165, 1.54) is 0 Å². The Morgan fingerprint density at radius 3 is 2.36 bits per heavy atom. The minimum Gasteiger partial charge on any atom is -0.374 e. The van der Waals surface area contributed by atoms with Gasteiger partial charge < -0.3 is 4.74 Å². The van der Waals surface area contributed by atoms with Gasteiger partial charge in [0.1, 0.15) is 0 Å². The first kappa shape index (κ1) is 11.0. The van der Waals surface area contributed by atoms with Crippen LogP contribution in [-0.2, 0) is 4.74 Å². The van der Waals surface area contributed by atoms with Crippen LogP contribution in [0.2, 0.25) is 0 Å². The van der Waals surface area contributed by atoms with E-state index in [4.69, 9.17) is 16.3 Å². The highest BCUT2D eigenvalue weighted by atomic mass is 35.5. The monoisotopic (exact) mass is 176 g/mol. The van der Waals surface area contributed by atoms with Crippen molar-refractivity contribution in [1.82, 2.24) is 0 Å². The average Bonchev–Trinajstić information content (AvgIpc) is 1.99. The Balaban J connectivity index is 3.45. The summed E-state index contributed by atoms with van der Waals surface area (Å²) in [6, 6.07) is 0. The third-order valence-corrected chi connectivity index (χ3v) is 2.06. The van der Waals surface area contributed by atoms with Crippen LogP contribution in [0.15, 0.2) is 12.2 Å². The van der Waals surface area contributed by atoms with Crippen LogP contribution in [0.1, 0.15) is 20.8 Å². The maximum atomic E-state index is 5.54. The Morgan fingerprint density at radius 1 is 1.45 bits per heavy atom. The molecule has 0 heterocycles. The summed E-state index contributed by atoms with van der Waals surface area (Å²) in [5, 5.41) is 0. The predicted octanol–water partition coefficient (Wildman–Crippen LogP) is 2.84. The highest BCUT2D eigenvalue weighted by molar-refractivity contribution is 6.19. The predicted molar refractivity (Wildman–Crippen MR) is 50.1 cm³/mol. The zero-order valence-corrected chi connectivity index (χ0v) is 8.32. The molecule has 0 aliphatic carbocycles. The fraction of sp³-hybridized carbons (Fsp3) is 0.778. The van der Waals surface area contributed by atoms with E-state index < -0.39 is 0 Å². The van der Waals surface area contributed by atoms with Crippen molar-refractivity contribution in [3.63, 3.8) is 0 Å². The second kappa shape index (κ2) is 5.62. The van der Waals surface area contributed by atoms with Gasteiger partial charge in [-0.25, -0.2) is 0 Å². The normalized spacial score (nSPS) is 13.5. The second-order valence-corrected chi connectivity index (χ2v) is 3.41. The molecule has 0 saturated heterocycles. The molecule has 0 aromatic carbocycles. The lowest BCUT2D eigenvalue weighted by Gasteiger charge is -2.16.